The summed E-state index contributed by atoms with van der Waals surface area (Å²) in [4.78, 5) is 122. The van der Waals surface area contributed by atoms with Crippen molar-refractivity contribution in [2.75, 3.05) is 19.6 Å². The molecule has 0 fully saturated rings. The normalized spacial score (nSPS) is 11.2. The van der Waals surface area contributed by atoms with E-state index < -0.39 is 59.0 Å². The first kappa shape index (κ1) is 52.2. The molecule has 1 aromatic heterocycles. The number of urea groups is 1. The molecule has 0 saturated heterocycles. The van der Waals surface area contributed by atoms with Crippen LogP contribution in [0.1, 0.15) is 89.2 Å². The Morgan fingerprint density at radius 2 is 1.38 bits per heavy atom. The van der Waals surface area contributed by atoms with Gasteiger partial charge in [0.2, 0.25) is 11.8 Å². The average Bonchev–Trinajstić information content (AvgIpc) is 3.15. The minimum Gasteiger partial charge on any atom is -0.480 e. The van der Waals surface area contributed by atoms with E-state index in [1.54, 1.807) is 23.5 Å². The van der Waals surface area contributed by atoms with E-state index in [9.17, 15) is 63.3 Å². The van der Waals surface area contributed by atoms with Gasteiger partial charge < -0.3 is 41.7 Å². The first-order chi connectivity index (χ1) is 27.2. The maximum Gasteiger partial charge on any atom is 0.348 e. The molecule has 8 N–H and O–H groups in total. The second kappa shape index (κ2) is 30.4. The van der Waals surface area contributed by atoms with Gasteiger partial charge in [-0.1, -0.05) is 31.7 Å². The Balaban J connectivity index is 0.0000325. The summed E-state index contributed by atoms with van der Waals surface area (Å²) >= 11 is 0. The number of unbranched alkanes of at least 4 members (excludes halogenated alkanes) is 6. The second-order valence-corrected chi connectivity index (χ2v) is 12.7. The number of aromatic nitrogens is 1. The first-order valence-electron chi connectivity index (χ1n) is 18.1. The summed E-state index contributed by atoms with van der Waals surface area (Å²) in [5.41, 5.74) is -2.03. The van der Waals surface area contributed by atoms with Gasteiger partial charge in [0.25, 0.3) is 0 Å². The number of carbonyl (C=O) groups is 7. The minimum absolute atomic E-state index is 0. The van der Waals surface area contributed by atoms with Gasteiger partial charge in [-0.15, -0.1) is 0 Å². The Morgan fingerprint density at radius 1 is 0.724 bits per heavy atom. The van der Waals surface area contributed by atoms with Crippen LogP contribution >= 0.6 is 0 Å². The predicted molar refractivity (Wildman–Crippen MR) is 198 cm³/mol. The number of pyridine rings is 1. The van der Waals surface area contributed by atoms with E-state index in [1.807, 2.05) is 22.3 Å². The smallest absolute Gasteiger partial charge is 0.348 e. The van der Waals surface area contributed by atoms with E-state index in [1.165, 1.54) is 0 Å². The van der Waals surface area contributed by atoms with Crippen molar-refractivity contribution >= 4 is 59.5 Å². The Kier molecular flexibility index (Phi) is 27.3. The molecule has 0 aliphatic rings. The van der Waals surface area contributed by atoms with Crippen molar-refractivity contribution in [1.29, 1.82) is 0 Å². The molecule has 1 heterocycles. The molecule has 0 bridgehead atoms. The Labute approximate surface area is 347 Å². The monoisotopic (exact) mass is 987 g/mol. The van der Waals surface area contributed by atoms with Crippen molar-refractivity contribution in [1.82, 2.24) is 31.2 Å². The van der Waals surface area contributed by atoms with E-state index in [0.29, 0.717) is 51.7 Å². The zero-order valence-electron chi connectivity index (χ0n) is 31.6. The number of aliphatic carboxylic acids is 4. The number of nitrogens with zero attached hydrogens (tertiary/aromatic N) is 2. The number of hydrogen-bond donors (Lipinski definition) is 8. The molecule has 0 aliphatic carbocycles. The average molecular weight is 987 g/mol. The molecule has 0 saturated carbocycles. The van der Waals surface area contributed by atoms with Crippen LogP contribution in [-0.4, -0.2) is 122 Å². The van der Waals surface area contributed by atoms with Gasteiger partial charge in [-0.05, 0) is 63.6 Å². The number of amides is 4. The molecule has 21 heteroatoms. The topological polar surface area (TPSA) is 316 Å². The van der Waals surface area contributed by atoms with Gasteiger partial charge in [0.05, 0.1) is 17.8 Å². The van der Waals surface area contributed by atoms with Crippen LogP contribution in [0.15, 0.2) is 41.2 Å². The molecule has 1 radical (unpaired) electrons. The molecule has 2 unspecified atom stereocenters. The molecule has 317 valence electrons. The van der Waals surface area contributed by atoms with E-state index >= 15 is 0 Å². The SMILES string of the molecule is O=C=C(CCCC(NC(=O)NC(C(=O)O)C(=C=O)C(=C=O)C(=O)O)C(=O)O)NC(=O)CCCCCCC(=O)NCCCCCCN(CC(=O)O)Cc1ccccn1.[Re]. The van der Waals surface area contributed by atoms with Crippen LogP contribution in [0.3, 0.4) is 0 Å². The number of carboxylic acids is 4. The van der Waals surface area contributed by atoms with Crippen molar-refractivity contribution in [3.8, 4) is 0 Å². The molecule has 1 aromatic rings. The second-order valence-electron chi connectivity index (χ2n) is 12.7. The van der Waals surface area contributed by atoms with Crippen molar-refractivity contribution in [3.63, 3.8) is 0 Å². The minimum atomic E-state index is -2.39. The summed E-state index contributed by atoms with van der Waals surface area (Å²) in [7, 11) is 0. The van der Waals surface area contributed by atoms with E-state index in [-0.39, 0.29) is 64.3 Å². The van der Waals surface area contributed by atoms with Crippen molar-refractivity contribution in [2.24, 2.45) is 0 Å². The summed E-state index contributed by atoms with van der Waals surface area (Å²) < 4.78 is 0. The zero-order valence-corrected chi connectivity index (χ0v) is 34.3. The molecule has 58 heavy (non-hydrogen) atoms. The van der Waals surface area contributed by atoms with Gasteiger partial charge in [-0.25, -0.2) is 33.6 Å². The number of carboxylic acid groups (broad SMARTS) is 4. The summed E-state index contributed by atoms with van der Waals surface area (Å²) in [6, 6.07) is 0.0291. The third-order valence-electron chi connectivity index (χ3n) is 8.19. The standard InChI is InChI=1S/C37H48N6O14.Re/c44-22-26(13-11-14-29(35(53)54)41-37(57)42-33(36(55)56)27(23-45)28(24-46)34(51)52)40-31(48)16-6-2-1-5-15-30(47)39-18-8-3-4-10-19-43(21-32(49)50)20-25-12-7-9-17-38-25;/h7,9,12,17,29,33H,1-6,8,10-11,13-16,18-21H2,(H,39,47)(H,40,48)(H,49,50)(H,51,52)(H,53,54)(H,55,56)(H2,41,42,57);. The van der Waals surface area contributed by atoms with E-state index in [0.717, 1.165) is 43.3 Å². The maximum atomic E-state index is 12.3. The van der Waals surface area contributed by atoms with Gasteiger partial charge in [-0.3, -0.25) is 24.3 Å². The van der Waals surface area contributed by atoms with E-state index in [2.05, 4.69) is 15.6 Å². The fraction of sp³-hybridized carbons (Fsp3) is 0.514. The molecular weight excluding hydrogens is 939 g/mol. The van der Waals surface area contributed by atoms with Crippen LogP contribution in [-0.2, 0) is 70.1 Å². The summed E-state index contributed by atoms with van der Waals surface area (Å²) in [5, 5.41) is 45.8. The summed E-state index contributed by atoms with van der Waals surface area (Å²) in [5.74, 6) is -3.60. The third-order valence-corrected chi connectivity index (χ3v) is 8.19. The predicted octanol–water partition coefficient (Wildman–Crippen LogP) is 0.791. The van der Waals surface area contributed by atoms with Crippen LogP contribution in [0, 0.1) is 0 Å². The van der Waals surface area contributed by atoms with Crippen LogP contribution in [0.2, 0.25) is 0 Å². The van der Waals surface area contributed by atoms with Gasteiger partial charge in [0, 0.05) is 52.6 Å². The number of hydrogen-bond acceptors (Lipinski definition) is 12. The van der Waals surface area contributed by atoms with Crippen molar-refractivity contribution in [2.45, 2.75) is 102 Å². The summed E-state index contributed by atoms with van der Waals surface area (Å²) in [6.45, 7) is 1.55. The van der Waals surface area contributed by atoms with Crippen LogP contribution in [0.4, 0.5) is 4.79 Å². The Hall–Kier alpha value is -5.79. The van der Waals surface area contributed by atoms with Gasteiger partial charge in [0.15, 0.2) is 11.6 Å². The van der Waals surface area contributed by atoms with Crippen LogP contribution in [0.5, 0.6) is 0 Å². The molecule has 0 aliphatic heterocycles. The van der Waals surface area contributed by atoms with Crippen LogP contribution in [0.25, 0.3) is 0 Å². The largest absolute Gasteiger partial charge is 0.480 e. The maximum absolute atomic E-state index is 12.3. The fourth-order valence-corrected chi connectivity index (χ4v) is 5.35. The Bertz CT molecular complexity index is 1710. The molecule has 2 atom stereocenters. The third kappa shape index (κ3) is 22.7. The molecule has 20 nitrogen and oxygen atoms in total. The zero-order chi connectivity index (χ0) is 42.6. The van der Waals surface area contributed by atoms with Gasteiger partial charge in [-0.2, -0.15) is 0 Å². The first-order valence-corrected chi connectivity index (χ1v) is 18.1. The van der Waals surface area contributed by atoms with E-state index in [4.69, 9.17) is 5.11 Å². The number of rotatable bonds is 30. The molecule has 4 amide bonds. The molecular formula is C37H48N6O14Re. The molecule has 1 rings (SSSR count). The number of allylic oxidation sites excluding steroid dienone is 1. The quantitative estimate of drug-likeness (QED) is 0.0229. The van der Waals surface area contributed by atoms with Crippen molar-refractivity contribution in [3.05, 3.63) is 46.9 Å². The van der Waals surface area contributed by atoms with Crippen molar-refractivity contribution < 1.29 is 88.8 Å². The molecule has 0 spiro atoms. The Morgan fingerprint density at radius 3 is 1.93 bits per heavy atom. The fourth-order valence-electron chi connectivity index (χ4n) is 5.35. The molecule has 0 aromatic carbocycles. The van der Waals surface area contributed by atoms with Crippen LogP contribution < -0.4 is 21.3 Å². The summed E-state index contributed by atoms with van der Waals surface area (Å²) in [6.07, 6.45) is 7.35. The van der Waals surface area contributed by atoms with Gasteiger partial charge in [0.1, 0.15) is 29.6 Å². The number of nitrogens with one attached hydrogen (secondary N) is 4. The van der Waals surface area contributed by atoms with Gasteiger partial charge >= 0.3 is 29.9 Å². The number of carbonyl (C=O) groups excluding carboxylic acids is 6.